The van der Waals surface area contributed by atoms with Gasteiger partial charge < -0.3 is 39.9 Å². The van der Waals surface area contributed by atoms with Gasteiger partial charge in [-0.2, -0.15) is 0 Å². The van der Waals surface area contributed by atoms with Crippen molar-refractivity contribution in [2.24, 2.45) is 0 Å². The van der Waals surface area contributed by atoms with Gasteiger partial charge in [0.1, 0.15) is 35.4 Å². The zero-order chi connectivity index (χ0) is 40.2. The second kappa shape index (κ2) is 16.6. The average molecular weight is 781 g/mol. The van der Waals surface area contributed by atoms with Crippen molar-refractivity contribution in [1.29, 1.82) is 0 Å². The smallest absolute Gasteiger partial charge is 0.407 e. The molecule has 4 heterocycles. The zero-order valence-electron chi connectivity index (χ0n) is 31.6. The van der Waals surface area contributed by atoms with E-state index >= 15 is 8.78 Å². The molecule has 16 heteroatoms. The molecule has 0 aliphatic carbocycles. The molecule has 5 aromatic rings. The number of nitrogens with one attached hydrogen (secondary N) is 4. The second-order valence-electron chi connectivity index (χ2n) is 14.0. The Morgan fingerprint density at radius 2 is 1.21 bits per heavy atom. The summed E-state index contributed by atoms with van der Waals surface area (Å²) in [4.78, 5) is 69.4. The fourth-order valence-corrected chi connectivity index (χ4v) is 7.56. The average Bonchev–Trinajstić information content (AvgIpc) is 4.06. The van der Waals surface area contributed by atoms with Crippen LogP contribution in [0, 0.1) is 11.6 Å². The SMILES string of the molecule is COC(=O)N[C@@H](C)C(=O)N1CCC[C@H]1c1ncc(-c2ccc(-c3ccc(-c4cnc([C@@H]5CCCN5C(=O)[C@H](NC(=O)OC)c5ccccc5)[nH]4)c(F)c3)cc2F)[nH]1. The number of rotatable bonds is 10. The number of hydrogen-bond donors (Lipinski definition) is 4. The number of aromatic nitrogens is 4. The molecule has 0 unspecified atom stereocenters. The molecule has 0 spiro atoms. The van der Waals surface area contributed by atoms with Crippen LogP contribution < -0.4 is 10.6 Å². The first kappa shape index (κ1) is 38.7. The van der Waals surface area contributed by atoms with Gasteiger partial charge in [0.25, 0.3) is 5.91 Å². The van der Waals surface area contributed by atoms with Crippen molar-refractivity contribution in [3.63, 3.8) is 0 Å². The van der Waals surface area contributed by atoms with Crippen LogP contribution in [0.1, 0.15) is 67.9 Å². The lowest BCUT2D eigenvalue weighted by molar-refractivity contribution is -0.135. The van der Waals surface area contributed by atoms with Crippen LogP contribution in [0.5, 0.6) is 0 Å². The second-order valence-corrected chi connectivity index (χ2v) is 14.0. The van der Waals surface area contributed by atoms with Crippen molar-refractivity contribution in [3.8, 4) is 33.6 Å². The van der Waals surface area contributed by atoms with E-state index in [-0.39, 0.29) is 29.0 Å². The maximum atomic E-state index is 15.7. The molecule has 4 atom stereocenters. The number of methoxy groups -OCH3 is 2. The van der Waals surface area contributed by atoms with Crippen LogP contribution in [0.15, 0.2) is 79.1 Å². The van der Waals surface area contributed by atoms with E-state index in [2.05, 4.69) is 35.3 Å². The van der Waals surface area contributed by atoms with Gasteiger partial charge in [-0.3, -0.25) is 9.59 Å². The summed E-state index contributed by atoms with van der Waals surface area (Å²) in [5.74, 6) is -0.707. The quantitative estimate of drug-likeness (QED) is 0.123. The van der Waals surface area contributed by atoms with Crippen LogP contribution in [-0.2, 0) is 19.1 Å². The van der Waals surface area contributed by atoms with Crippen LogP contribution in [0.25, 0.3) is 33.6 Å². The number of amides is 4. The third-order valence-electron chi connectivity index (χ3n) is 10.5. The summed E-state index contributed by atoms with van der Waals surface area (Å²) in [6.45, 7) is 2.52. The van der Waals surface area contributed by atoms with Gasteiger partial charge in [-0.1, -0.05) is 42.5 Å². The van der Waals surface area contributed by atoms with Gasteiger partial charge >= 0.3 is 12.2 Å². The van der Waals surface area contributed by atoms with Crippen molar-refractivity contribution in [2.75, 3.05) is 27.3 Å². The van der Waals surface area contributed by atoms with Crippen molar-refractivity contribution in [3.05, 3.63) is 108 Å². The highest BCUT2D eigenvalue weighted by atomic mass is 19.1. The van der Waals surface area contributed by atoms with E-state index in [0.29, 0.717) is 72.1 Å². The number of benzene rings is 3. The predicted octanol–water partition coefficient (Wildman–Crippen LogP) is 6.58. The first-order valence-electron chi connectivity index (χ1n) is 18.6. The van der Waals surface area contributed by atoms with Crippen molar-refractivity contribution in [1.82, 2.24) is 40.4 Å². The minimum atomic E-state index is -0.970. The minimum Gasteiger partial charge on any atom is -0.453 e. The Morgan fingerprint density at radius 3 is 1.70 bits per heavy atom. The number of nitrogens with zero attached hydrogens (tertiary/aromatic N) is 4. The molecule has 4 N–H and O–H groups in total. The highest BCUT2D eigenvalue weighted by Crippen LogP contribution is 2.36. The third kappa shape index (κ3) is 8.06. The first-order valence-corrected chi connectivity index (χ1v) is 18.6. The monoisotopic (exact) mass is 780 g/mol. The van der Waals surface area contributed by atoms with Crippen LogP contribution in [-0.4, -0.2) is 87.1 Å². The Labute approximate surface area is 327 Å². The van der Waals surface area contributed by atoms with Crippen molar-refractivity contribution < 1.29 is 37.4 Å². The summed E-state index contributed by atoms with van der Waals surface area (Å²) in [5.41, 5.74) is 2.86. The number of aromatic amines is 2. The van der Waals surface area contributed by atoms with Crippen LogP contribution >= 0.6 is 0 Å². The Balaban J connectivity index is 1.05. The number of halogens is 2. The molecule has 3 aromatic carbocycles. The van der Waals surface area contributed by atoms with Gasteiger partial charge in [-0.05, 0) is 73.6 Å². The summed E-state index contributed by atoms with van der Waals surface area (Å²) in [6.07, 6.45) is 4.32. The maximum Gasteiger partial charge on any atom is 0.407 e. The van der Waals surface area contributed by atoms with E-state index in [4.69, 9.17) is 4.74 Å². The molecule has 296 valence electrons. The van der Waals surface area contributed by atoms with Crippen LogP contribution in [0.4, 0.5) is 18.4 Å². The number of imidazole rings is 2. The maximum absolute atomic E-state index is 15.7. The minimum absolute atomic E-state index is 0.250. The molecular weight excluding hydrogens is 738 g/mol. The number of likely N-dealkylation sites (tertiary alicyclic amines) is 2. The molecule has 2 aromatic heterocycles. The molecule has 2 saturated heterocycles. The molecule has 7 rings (SSSR count). The number of alkyl carbamates (subject to hydrolysis) is 2. The number of carbonyl (C=O) groups excluding carboxylic acids is 4. The molecule has 4 amide bonds. The highest BCUT2D eigenvalue weighted by Gasteiger charge is 2.38. The zero-order valence-corrected chi connectivity index (χ0v) is 31.6. The van der Waals surface area contributed by atoms with Gasteiger partial charge in [0, 0.05) is 24.2 Å². The summed E-state index contributed by atoms with van der Waals surface area (Å²) in [6, 6.07) is 15.6. The molecule has 2 fully saturated rings. The van der Waals surface area contributed by atoms with Gasteiger partial charge in [-0.15, -0.1) is 0 Å². The molecular formula is C41H42F2N8O6. The molecule has 14 nitrogen and oxygen atoms in total. The van der Waals surface area contributed by atoms with E-state index in [1.165, 1.54) is 38.7 Å². The molecule has 2 aliphatic heterocycles. The Kier molecular flexibility index (Phi) is 11.3. The lowest BCUT2D eigenvalue weighted by Crippen LogP contribution is -2.46. The lowest BCUT2D eigenvalue weighted by Gasteiger charge is -2.28. The Morgan fingerprint density at radius 1 is 0.719 bits per heavy atom. The fourth-order valence-electron chi connectivity index (χ4n) is 7.56. The predicted molar refractivity (Wildman–Crippen MR) is 204 cm³/mol. The van der Waals surface area contributed by atoms with E-state index in [1.807, 2.05) is 6.07 Å². The summed E-state index contributed by atoms with van der Waals surface area (Å²) >= 11 is 0. The van der Waals surface area contributed by atoms with Gasteiger partial charge in [-0.25, -0.2) is 28.3 Å². The third-order valence-corrected chi connectivity index (χ3v) is 10.5. The topological polar surface area (TPSA) is 175 Å². The van der Waals surface area contributed by atoms with E-state index < -0.39 is 41.9 Å². The van der Waals surface area contributed by atoms with E-state index in [9.17, 15) is 19.2 Å². The van der Waals surface area contributed by atoms with Gasteiger partial charge in [0.05, 0.1) is 50.1 Å². The molecule has 2 aliphatic rings. The first-order chi connectivity index (χ1) is 27.6. The summed E-state index contributed by atoms with van der Waals surface area (Å²) in [5, 5.41) is 5.14. The summed E-state index contributed by atoms with van der Waals surface area (Å²) in [7, 11) is 2.46. The highest BCUT2D eigenvalue weighted by molar-refractivity contribution is 5.88. The summed E-state index contributed by atoms with van der Waals surface area (Å²) < 4.78 is 40.8. The van der Waals surface area contributed by atoms with Crippen molar-refractivity contribution in [2.45, 2.75) is 56.8 Å². The Bertz CT molecular complexity index is 2280. The van der Waals surface area contributed by atoms with E-state index in [0.717, 1.165) is 6.42 Å². The number of H-pyrrole nitrogens is 2. The van der Waals surface area contributed by atoms with E-state index in [1.54, 1.807) is 65.3 Å². The number of hydrogen-bond acceptors (Lipinski definition) is 8. The molecule has 57 heavy (non-hydrogen) atoms. The van der Waals surface area contributed by atoms with Crippen LogP contribution in [0.3, 0.4) is 0 Å². The molecule has 0 saturated carbocycles. The molecule has 0 radical (unpaired) electrons. The largest absolute Gasteiger partial charge is 0.453 e. The number of ether oxygens (including phenoxy) is 2. The fraction of sp³-hybridized carbons (Fsp3) is 0.317. The number of carbonyl (C=O) groups is 4. The van der Waals surface area contributed by atoms with Crippen molar-refractivity contribution >= 4 is 24.0 Å². The van der Waals surface area contributed by atoms with Gasteiger partial charge in [0.2, 0.25) is 5.91 Å². The van der Waals surface area contributed by atoms with Gasteiger partial charge in [0.15, 0.2) is 0 Å². The molecule has 0 bridgehead atoms. The normalized spacial score (nSPS) is 17.6. The lowest BCUT2D eigenvalue weighted by atomic mass is 10.00. The van der Waals surface area contributed by atoms with Crippen LogP contribution in [0.2, 0.25) is 0 Å². The standard InChI is InChI=1S/C41H42F2N8O6/c1-23(46-40(54)56-2)38(52)50-17-7-11-33(50)36-44-21-31(47-36)27-15-13-25(19-29(27)42)26-14-16-28(30(43)20-26)32-22-45-37(48-32)34-12-8-18-51(34)39(53)35(49-41(55)57-3)24-9-5-4-6-10-24/h4-6,9-10,13-16,19-23,33-35H,7-8,11-12,17-18H2,1-3H3,(H,44,47)(H,45,48)(H,46,54)(H,49,55)/t23-,33-,34-,35+/m0/s1. The Hall–Kier alpha value is -6.58.